The Labute approximate surface area is 174 Å². The molecule has 0 unspecified atom stereocenters. The molecular weight excluding hydrogens is 422 g/mol. The van der Waals surface area contributed by atoms with Gasteiger partial charge in [0.2, 0.25) is 5.91 Å². The van der Waals surface area contributed by atoms with Crippen LogP contribution >= 0.6 is 15.9 Å². The Hall–Kier alpha value is -2.34. The number of carbonyl (C=O) groups excluding carboxylic acids is 2. The Morgan fingerprint density at radius 1 is 1.00 bits per heavy atom. The third-order valence-electron chi connectivity index (χ3n) is 4.09. The van der Waals surface area contributed by atoms with E-state index in [0.717, 1.165) is 17.3 Å². The molecule has 0 heterocycles. The van der Waals surface area contributed by atoms with Crippen LogP contribution in [0.1, 0.15) is 56.3 Å². The monoisotopic (exact) mass is 447 g/mol. The zero-order valence-corrected chi connectivity index (χ0v) is 17.9. The van der Waals surface area contributed by atoms with Crippen LogP contribution in [0.15, 0.2) is 46.9 Å². The maximum absolute atomic E-state index is 12.4. The second-order valence-electron chi connectivity index (χ2n) is 6.37. The lowest BCUT2D eigenvalue weighted by molar-refractivity contribution is -0.115. The van der Waals surface area contributed by atoms with Crippen LogP contribution in [0.25, 0.3) is 0 Å². The number of nitrogens with one attached hydrogen (secondary N) is 1. The molecule has 0 aliphatic carbocycles. The number of ether oxygens (including phenoxy) is 2. The minimum absolute atomic E-state index is 0.0673. The van der Waals surface area contributed by atoms with Crippen LogP contribution in [0.4, 0.5) is 5.69 Å². The van der Waals surface area contributed by atoms with E-state index in [1.165, 1.54) is 12.8 Å². The second-order valence-corrected chi connectivity index (χ2v) is 7.22. The SMILES string of the molecule is CCCCCCOc1ccc(C(=O)Oc2ccc(NC(=O)CC)cc2)cc1Br. The highest BCUT2D eigenvalue weighted by Gasteiger charge is 2.12. The topological polar surface area (TPSA) is 64.6 Å². The highest BCUT2D eigenvalue weighted by Crippen LogP contribution is 2.27. The fraction of sp³-hybridized carbons (Fsp3) is 0.364. The number of unbranched alkanes of at least 4 members (excludes halogenated alkanes) is 3. The van der Waals surface area contributed by atoms with Crippen molar-refractivity contribution in [1.29, 1.82) is 0 Å². The van der Waals surface area contributed by atoms with Gasteiger partial charge in [-0.25, -0.2) is 4.79 Å². The molecule has 1 amide bonds. The number of halogens is 1. The minimum Gasteiger partial charge on any atom is -0.492 e. The zero-order valence-electron chi connectivity index (χ0n) is 16.3. The van der Waals surface area contributed by atoms with Crippen molar-refractivity contribution in [3.8, 4) is 11.5 Å². The average molecular weight is 448 g/mol. The third kappa shape index (κ3) is 7.00. The number of benzene rings is 2. The Bertz CT molecular complexity index is 790. The highest BCUT2D eigenvalue weighted by molar-refractivity contribution is 9.10. The van der Waals surface area contributed by atoms with Gasteiger partial charge >= 0.3 is 5.97 Å². The van der Waals surface area contributed by atoms with Gasteiger partial charge in [-0.15, -0.1) is 0 Å². The van der Waals surface area contributed by atoms with E-state index in [4.69, 9.17) is 9.47 Å². The molecule has 28 heavy (non-hydrogen) atoms. The largest absolute Gasteiger partial charge is 0.492 e. The minimum atomic E-state index is -0.458. The lowest BCUT2D eigenvalue weighted by Gasteiger charge is -2.10. The van der Waals surface area contributed by atoms with Crippen molar-refractivity contribution in [2.24, 2.45) is 0 Å². The summed E-state index contributed by atoms with van der Waals surface area (Å²) in [5.74, 6) is 0.596. The molecule has 150 valence electrons. The predicted molar refractivity (Wildman–Crippen MR) is 114 cm³/mol. The molecule has 2 aromatic carbocycles. The first kappa shape index (κ1) is 22.0. The van der Waals surface area contributed by atoms with Gasteiger partial charge in [0, 0.05) is 12.1 Å². The van der Waals surface area contributed by atoms with Crippen LogP contribution in [0.3, 0.4) is 0 Å². The van der Waals surface area contributed by atoms with E-state index in [1.54, 1.807) is 49.4 Å². The molecule has 0 saturated heterocycles. The molecule has 0 radical (unpaired) electrons. The van der Waals surface area contributed by atoms with Gasteiger partial charge < -0.3 is 14.8 Å². The summed E-state index contributed by atoms with van der Waals surface area (Å²) < 4.78 is 11.9. The van der Waals surface area contributed by atoms with Crippen molar-refractivity contribution in [2.75, 3.05) is 11.9 Å². The van der Waals surface area contributed by atoms with Gasteiger partial charge in [0.15, 0.2) is 0 Å². The molecular formula is C22H26BrNO4. The van der Waals surface area contributed by atoms with Gasteiger partial charge in [0.25, 0.3) is 0 Å². The van der Waals surface area contributed by atoms with E-state index in [-0.39, 0.29) is 5.91 Å². The molecule has 2 aromatic rings. The van der Waals surface area contributed by atoms with E-state index >= 15 is 0 Å². The van der Waals surface area contributed by atoms with Crippen molar-refractivity contribution < 1.29 is 19.1 Å². The average Bonchev–Trinajstić information content (AvgIpc) is 2.70. The maximum atomic E-state index is 12.4. The van der Waals surface area contributed by atoms with E-state index in [9.17, 15) is 9.59 Å². The number of hydrogen-bond donors (Lipinski definition) is 1. The smallest absolute Gasteiger partial charge is 0.343 e. The first-order valence-electron chi connectivity index (χ1n) is 9.58. The fourth-order valence-electron chi connectivity index (χ4n) is 2.48. The number of anilines is 1. The van der Waals surface area contributed by atoms with Crippen LogP contribution in [0, 0.1) is 0 Å². The molecule has 5 nitrogen and oxygen atoms in total. The quantitative estimate of drug-likeness (QED) is 0.276. The summed E-state index contributed by atoms with van der Waals surface area (Å²) in [6.07, 6.45) is 4.97. The molecule has 0 saturated carbocycles. The van der Waals surface area contributed by atoms with Crippen LogP contribution in [0.5, 0.6) is 11.5 Å². The fourth-order valence-corrected chi connectivity index (χ4v) is 2.97. The first-order chi connectivity index (χ1) is 13.5. The van der Waals surface area contributed by atoms with Crippen molar-refractivity contribution in [3.63, 3.8) is 0 Å². The van der Waals surface area contributed by atoms with Crippen molar-refractivity contribution in [1.82, 2.24) is 0 Å². The van der Waals surface area contributed by atoms with E-state index in [1.807, 2.05) is 0 Å². The maximum Gasteiger partial charge on any atom is 0.343 e. The first-order valence-corrected chi connectivity index (χ1v) is 10.4. The van der Waals surface area contributed by atoms with Gasteiger partial charge in [0.05, 0.1) is 16.6 Å². The van der Waals surface area contributed by atoms with Gasteiger partial charge in [-0.2, -0.15) is 0 Å². The van der Waals surface area contributed by atoms with Crippen LogP contribution in [-0.4, -0.2) is 18.5 Å². The van der Waals surface area contributed by atoms with Crippen molar-refractivity contribution >= 4 is 33.5 Å². The number of carbonyl (C=O) groups is 2. The zero-order chi connectivity index (χ0) is 20.4. The van der Waals surface area contributed by atoms with Gasteiger partial charge in [0.1, 0.15) is 11.5 Å². The van der Waals surface area contributed by atoms with Gasteiger partial charge in [-0.05, 0) is 64.8 Å². The number of amides is 1. The molecule has 2 rings (SSSR count). The second kappa shape index (κ2) is 11.5. The molecule has 0 aliphatic heterocycles. The summed E-state index contributed by atoms with van der Waals surface area (Å²) in [7, 11) is 0. The van der Waals surface area contributed by atoms with E-state index in [2.05, 4.69) is 28.2 Å². The summed E-state index contributed by atoms with van der Waals surface area (Å²) in [4.78, 5) is 23.8. The van der Waals surface area contributed by atoms with E-state index < -0.39 is 5.97 Å². The van der Waals surface area contributed by atoms with Crippen molar-refractivity contribution in [2.45, 2.75) is 46.0 Å². The highest BCUT2D eigenvalue weighted by atomic mass is 79.9. The summed E-state index contributed by atoms with van der Waals surface area (Å²) in [5, 5.41) is 2.75. The standard InChI is InChI=1S/C22H26BrNO4/c1-3-5-6-7-14-27-20-13-8-16(15-19(20)23)22(26)28-18-11-9-17(10-12-18)24-21(25)4-2/h8-13,15H,3-7,14H2,1-2H3,(H,24,25). The Morgan fingerprint density at radius 3 is 2.39 bits per heavy atom. The number of hydrogen-bond acceptors (Lipinski definition) is 4. The summed E-state index contributed by atoms with van der Waals surface area (Å²) in [5.41, 5.74) is 1.09. The van der Waals surface area contributed by atoms with Crippen LogP contribution in [0.2, 0.25) is 0 Å². The molecule has 0 spiro atoms. The third-order valence-corrected chi connectivity index (χ3v) is 4.71. The lowest BCUT2D eigenvalue weighted by Crippen LogP contribution is -2.10. The van der Waals surface area contributed by atoms with Crippen LogP contribution in [-0.2, 0) is 4.79 Å². The molecule has 0 atom stereocenters. The molecule has 0 aliphatic rings. The van der Waals surface area contributed by atoms with Crippen molar-refractivity contribution in [3.05, 3.63) is 52.5 Å². The molecule has 0 bridgehead atoms. The summed E-state index contributed by atoms with van der Waals surface area (Å²) in [6.45, 7) is 4.61. The Balaban J connectivity index is 1.91. The molecule has 0 fully saturated rings. The Kier molecular flexibility index (Phi) is 9.01. The molecule has 0 aromatic heterocycles. The lowest BCUT2D eigenvalue weighted by atomic mass is 10.2. The van der Waals surface area contributed by atoms with Gasteiger partial charge in [-0.3, -0.25) is 4.79 Å². The summed E-state index contributed by atoms with van der Waals surface area (Å²) >= 11 is 3.45. The molecule has 1 N–H and O–H groups in total. The number of esters is 1. The predicted octanol–water partition coefficient (Wildman–Crippen LogP) is 5.98. The Morgan fingerprint density at radius 2 is 1.75 bits per heavy atom. The van der Waals surface area contributed by atoms with Crippen LogP contribution < -0.4 is 14.8 Å². The van der Waals surface area contributed by atoms with Gasteiger partial charge in [-0.1, -0.05) is 33.1 Å². The molecule has 6 heteroatoms. The van der Waals surface area contributed by atoms with E-state index in [0.29, 0.717) is 35.8 Å². The normalized spacial score (nSPS) is 10.4. The summed E-state index contributed by atoms with van der Waals surface area (Å²) in [6, 6.07) is 11.8. The number of rotatable bonds is 10.